The van der Waals surface area contributed by atoms with E-state index in [0.717, 1.165) is 15.6 Å². The van der Waals surface area contributed by atoms with Gasteiger partial charge in [0.1, 0.15) is 0 Å². The molecule has 2 N–H and O–H groups in total. The molecule has 5 rings (SSSR count). The zero-order valence-electron chi connectivity index (χ0n) is 18.6. The molecule has 0 aliphatic carbocycles. The fourth-order valence-corrected chi connectivity index (χ4v) is 4.09. The van der Waals surface area contributed by atoms with E-state index in [2.05, 4.69) is 82.7 Å². The minimum absolute atomic E-state index is 0.511. The van der Waals surface area contributed by atoms with Crippen molar-refractivity contribution in [3.8, 4) is 33.4 Å². The summed E-state index contributed by atoms with van der Waals surface area (Å²) in [5, 5.41) is 18.1. The summed E-state index contributed by atoms with van der Waals surface area (Å²) in [6.45, 7) is 0. The lowest BCUT2D eigenvalue weighted by Crippen LogP contribution is -2.29. The Hall–Kier alpha value is -3.44. The molecule has 0 aromatic heterocycles. The van der Waals surface area contributed by atoms with Gasteiger partial charge < -0.3 is 10.0 Å². The van der Waals surface area contributed by atoms with E-state index >= 15 is 0 Å². The van der Waals surface area contributed by atoms with Crippen LogP contribution in [0.4, 0.5) is 0 Å². The van der Waals surface area contributed by atoms with Crippen molar-refractivity contribution in [2.24, 2.45) is 0 Å². The van der Waals surface area contributed by atoms with Gasteiger partial charge in [-0.05, 0) is 57.0 Å². The van der Waals surface area contributed by atoms with Gasteiger partial charge in [-0.25, -0.2) is 0 Å². The Morgan fingerprint density at radius 1 is 0.412 bits per heavy atom. The van der Waals surface area contributed by atoms with Crippen LogP contribution in [0.25, 0.3) is 33.4 Å². The van der Waals surface area contributed by atoms with Gasteiger partial charge >= 0.3 is 7.12 Å². The molecule has 166 valence electrons. The van der Waals surface area contributed by atoms with Gasteiger partial charge in [0, 0.05) is 4.47 Å². The minimum atomic E-state index is -1.41. The first-order valence-corrected chi connectivity index (χ1v) is 11.8. The molecule has 0 atom stereocenters. The number of benzene rings is 5. The molecule has 0 aliphatic rings. The quantitative estimate of drug-likeness (QED) is 0.262. The number of hydrogen-bond donors (Lipinski definition) is 2. The fourth-order valence-electron chi connectivity index (χ4n) is 3.69. The molecule has 2 nitrogen and oxygen atoms in total. The smallest absolute Gasteiger partial charge is 0.423 e. The van der Waals surface area contributed by atoms with E-state index in [9.17, 15) is 0 Å². The lowest BCUT2D eigenvalue weighted by atomic mass is 9.79. The highest BCUT2D eigenvalue weighted by atomic mass is 79.9. The largest absolute Gasteiger partial charge is 0.488 e. The first-order valence-electron chi connectivity index (χ1n) is 11.0. The molecule has 0 heterocycles. The van der Waals surface area contributed by atoms with Crippen molar-refractivity contribution < 1.29 is 10.0 Å². The highest BCUT2D eigenvalue weighted by molar-refractivity contribution is 9.10. The van der Waals surface area contributed by atoms with Gasteiger partial charge in [-0.15, -0.1) is 0 Å². The van der Waals surface area contributed by atoms with Crippen molar-refractivity contribution >= 4 is 28.5 Å². The molecule has 0 saturated heterocycles. The van der Waals surface area contributed by atoms with Crippen LogP contribution >= 0.6 is 15.9 Å². The molecule has 0 spiro atoms. The Bertz CT molecular complexity index is 1340. The third-order valence-corrected chi connectivity index (χ3v) is 5.91. The number of halogens is 1. The van der Waals surface area contributed by atoms with Crippen molar-refractivity contribution in [3.63, 3.8) is 0 Å². The first kappa shape index (κ1) is 23.7. The Labute approximate surface area is 209 Å². The van der Waals surface area contributed by atoms with Crippen molar-refractivity contribution in [2.45, 2.75) is 0 Å². The molecule has 4 heteroatoms. The molecule has 0 saturated carbocycles. The summed E-state index contributed by atoms with van der Waals surface area (Å²) >= 11 is 3.52. The van der Waals surface area contributed by atoms with Crippen LogP contribution in [0.1, 0.15) is 0 Å². The van der Waals surface area contributed by atoms with Crippen LogP contribution in [0.15, 0.2) is 138 Å². The summed E-state index contributed by atoms with van der Waals surface area (Å²) in [4.78, 5) is 0. The second kappa shape index (κ2) is 11.6. The van der Waals surface area contributed by atoms with Crippen LogP contribution in [0.2, 0.25) is 0 Å². The van der Waals surface area contributed by atoms with Crippen LogP contribution < -0.4 is 5.46 Å². The molecule has 34 heavy (non-hydrogen) atoms. The van der Waals surface area contributed by atoms with E-state index in [1.165, 1.54) is 22.3 Å². The van der Waals surface area contributed by atoms with Crippen molar-refractivity contribution in [2.75, 3.05) is 0 Å². The van der Waals surface area contributed by atoms with Crippen LogP contribution in [0.5, 0.6) is 0 Å². The predicted octanol–water partition coefficient (Wildman–Crippen LogP) is 6.82. The van der Waals surface area contributed by atoms with Gasteiger partial charge in [-0.2, -0.15) is 0 Å². The van der Waals surface area contributed by atoms with Crippen molar-refractivity contribution in [1.82, 2.24) is 0 Å². The Morgan fingerprint density at radius 2 is 0.824 bits per heavy atom. The van der Waals surface area contributed by atoms with E-state index in [-0.39, 0.29) is 0 Å². The van der Waals surface area contributed by atoms with Crippen LogP contribution in [-0.4, -0.2) is 17.2 Å². The average Bonchev–Trinajstić information content (AvgIpc) is 2.90. The van der Waals surface area contributed by atoms with E-state index in [0.29, 0.717) is 5.46 Å². The van der Waals surface area contributed by atoms with Gasteiger partial charge in [0.2, 0.25) is 0 Å². The minimum Gasteiger partial charge on any atom is -0.423 e. The fraction of sp³-hybridized carbons (Fsp3) is 0. The van der Waals surface area contributed by atoms with Gasteiger partial charge in [-0.1, -0.05) is 131 Å². The molecule has 0 unspecified atom stereocenters. The summed E-state index contributed by atoms with van der Waals surface area (Å²) < 4.78 is 1.11. The monoisotopic (exact) mass is 506 g/mol. The van der Waals surface area contributed by atoms with E-state index in [1.807, 2.05) is 54.6 Å². The van der Waals surface area contributed by atoms with Gasteiger partial charge in [0.15, 0.2) is 0 Å². The maximum absolute atomic E-state index is 9.05. The van der Waals surface area contributed by atoms with Gasteiger partial charge in [0.05, 0.1) is 0 Å². The molecule has 0 bridgehead atoms. The summed E-state index contributed by atoms with van der Waals surface area (Å²) in [6, 6.07) is 44.6. The third-order valence-electron chi connectivity index (χ3n) is 5.42. The Balaban J connectivity index is 0.000000166. The number of hydrogen-bond acceptors (Lipinski definition) is 2. The molecule has 0 aliphatic heterocycles. The molecule has 5 aromatic carbocycles. The molecule has 0 radical (unpaired) electrons. The predicted molar refractivity (Wildman–Crippen MR) is 147 cm³/mol. The second-order valence-corrected chi connectivity index (χ2v) is 8.74. The summed E-state index contributed by atoms with van der Waals surface area (Å²) in [6.07, 6.45) is 0. The molecular weight excluding hydrogens is 483 g/mol. The molecule has 5 aromatic rings. The van der Waals surface area contributed by atoms with Crippen molar-refractivity contribution in [3.05, 3.63) is 138 Å². The van der Waals surface area contributed by atoms with E-state index in [1.54, 1.807) is 12.1 Å². The van der Waals surface area contributed by atoms with Crippen LogP contribution in [0.3, 0.4) is 0 Å². The zero-order chi connectivity index (χ0) is 23.8. The van der Waals surface area contributed by atoms with Crippen molar-refractivity contribution in [1.29, 1.82) is 0 Å². The highest BCUT2D eigenvalue weighted by Crippen LogP contribution is 2.27. The zero-order valence-corrected chi connectivity index (χ0v) is 20.1. The Kier molecular flexibility index (Phi) is 8.10. The van der Waals surface area contributed by atoms with Gasteiger partial charge in [-0.3, -0.25) is 0 Å². The SMILES string of the molecule is Brc1cccc(-c2cccc(-c3ccccc3)c2)c1.OB(O)c1cccc(-c2ccccc2)c1. The molecule has 0 fully saturated rings. The lowest BCUT2D eigenvalue weighted by molar-refractivity contribution is 0.426. The molecular formula is C30H24BBrO2. The average molecular weight is 507 g/mol. The topological polar surface area (TPSA) is 40.5 Å². The van der Waals surface area contributed by atoms with Crippen LogP contribution in [0, 0.1) is 0 Å². The Morgan fingerprint density at radius 3 is 1.35 bits per heavy atom. The van der Waals surface area contributed by atoms with E-state index < -0.39 is 7.12 Å². The second-order valence-electron chi connectivity index (χ2n) is 7.82. The number of rotatable bonds is 4. The lowest BCUT2D eigenvalue weighted by Gasteiger charge is -2.06. The summed E-state index contributed by atoms with van der Waals surface area (Å²) in [5.41, 5.74) is 7.53. The van der Waals surface area contributed by atoms with E-state index in [4.69, 9.17) is 10.0 Å². The molecule has 0 amide bonds. The summed E-state index contributed by atoms with van der Waals surface area (Å²) in [5.74, 6) is 0. The third kappa shape index (κ3) is 6.33. The highest BCUT2D eigenvalue weighted by Gasteiger charge is 2.10. The normalized spacial score (nSPS) is 10.2. The first-order chi connectivity index (χ1) is 16.6. The maximum atomic E-state index is 9.05. The maximum Gasteiger partial charge on any atom is 0.488 e. The van der Waals surface area contributed by atoms with Crippen LogP contribution in [-0.2, 0) is 0 Å². The standard InChI is InChI=1S/C18H13Br.C12H11BO2/c19-18-11-5-10-17(13-18)16-9-4-8-15(12-16)14-6-2-1-3-7-14;14-13(15)12-8-4-7-11(9-12)10-5-2-1-3-6-10/h1-13H;1-9,14-15H. The summed E-state index contributed by atoms with van der Waals surface area (Å²) in [7, 11) is -1.41. The van der Waals surface area contributed by atoms with Gasteiger partial charge in [0.25, 0.3) is 0 Å².